The van der Waals surface area contributed by atoms with Crippen LogP contribution in [0.2, 0.25) is 0 Å². The van der Waals surface area contributed by atoms with Crippen molar-refractivity contribution >= 4 is 5.69 Å². The molecule has 0 spiro atoms. The van der Waals surface area contributed by atoms with Gasteiger partial charge in [-0.3, -0.25) is 0 Å². The molecule has 86 valence electrons. The lowest BCUT2D eigenvalue weighted by Crippen LogP contribution is -2.30. The number of benzene rings is 1. The molecule has 0 fully saturated rings. The predicted molar refractivity (Wildman–Crippen MR) is 50.4 cm³/mol. The maximum absolute atomic E-state index is 13.1. The molecular formula is C10H8F4N2. The van der Waals surface area contributed by atoms with E-state index in [2.05, 4.69) is 0 Å². The first-order valence-electron chi connectivity index (χ1n) is 4.31. The van der Waals surface area contributed by atoms with Crippen molar-refractivity contribution in [2.24, 2.45) is 0 Å². The van der Waals surface area contributed by atoms with Crippen molar-refractivity contribution in [3.05, 3.63) is 29.6 Å². The van der Waals surface area contributed by atoms with Crippen molar-refractivity contribution in [3.8, 4) is 6.07 Å². The largest absolute Gasteiger partial charge is 0.405 e. The molecule has 0 radical (unpaired) electrons. The molecule has 2 nitrogen and oxygen atoms in total. The van der Waals surface area contributed by atoms with Crippen LogP contribution in [0, 0.1) is 17.1 Å². The van der Waals surface area contributed by atoms with E-state index >= 15 is 0 Å². The van der Waals surface area contributed by atoms with E-state index in [1.807, 2.05) is 0 Å². The lowest BCUT2D eigenvalue weighted by molar-refractivity contribution is -0.119. The fraction of sp³-hybridized carbons (Fsp3) is 0.300. The molecule has 0 saturated carbocycles. The molecule has 0 atom stereocenters. The van der Waals surface area contributed by atoms with E-state index < -0.39 is 18.5 Å². The third kappa shape index (κ3) is 3.12. The Morgan fingerprint density at radius 3 is 2.44 bits per heavy atom. The van der Waals surface area contributed by atoms with Crippen LogP contribution in [0.1, 0.15) is 5.56 Å². The fourth-order valence-corrected chi connectivity index (χ4v) is 1.19. The second-order valence-electron chi connectivity index (χ2n) is 3.25. The summed E-state index contributed by atoms with van der Waals surface area (Å²) in [5, 5.41) is 8.45. The van der Waals surface area contributed by atoms with Crippen molar-refractivity contribution < 1.29 is 17.6 Å². The number of rotatable bonds is 2. The normalized spacial score (nSPS) is 11.0. The lowest BCUT2D eigenvalue weighted by atomic mass is 10.2. The number of nitrogens with zero attached hydrogens (tertiary/aromatic N) is 2. The molecule has 1 rings (SSSR count). The molecule has 0 aromatic heterocycles. The molecule has 0 aliphatic heterocycles. The highest BCUT2D eigenvalue weighted by atomic mass is 19.4. The van der Waals surface area contributed by atoms with Crippen LogP contribution in [-0.4, -0.2) is 19.8 Å². The van der Waals surface area contributed by atoms with Crippen molar-refractivity contribution in [3.63, 3.8) is 0 Å². The molecule has 16 heavy (non-hydrogen) atoms. The summed E-state index contributed by atoms with van der Waals surface area (Å²) in [6.45, 7) is -1.17. The van der Waals surface area contributed by atoms with Crippen LogP contribution in [0.15, 0.2) is 18.2 Å². The molecule has 0 bridgehead atoms. The van der Waals surface area contributed by atoms with E-state index in [9.17, 15) is 17.6 Å². The SMILES string of the molecule is CN(CC(F)(F)F)c1ccc(C#N)c(F)c1. The van der Waals surface area contributed by atoms with Crippen molar-refractivity contribution in [2.45, 2.75) is 6.18 Å². The topological polar surface area (TPSA) is 27.0 Å². The number of halogens is 4. The molecule has 0 aliphatic carbocycles. The quantitative estimate of drug-likeness (QED) is 0.733. The fourth-order valence-electron chi connectivity index (χ4n) is 1.19. The first-order chi connectivity index (χ1) is 7.33. The Bertz CT molecular complexity index is 420. The van der Waals surface area contributed by atoms with Crippen molar-refractivity contribution in [1.29, 1.82) is 5.26 Å². The van der Waals surface area contributed by atoms with Gasteiger partial charge in [-0.05, 0) is 18.2 Å². The molecule has 0 amide bonds. The van der Waals surface area contributed by atoms with Gasteiger partial charge < -0.3 is 4.90 Å². The Labute approximate surface area is 89.7 Å². The monoisotopic (exact) mass is 232 g/mol. The van der Waals surface area contributed by atoms with E-state index in [0.717, 1.165) is 17.0 Å². The zero-order chi connectivity index (χ0) is 12.3. The average molecular weight is 232 g/mol. The summed E-state index contributed by atoms with van der Waals surface area (Å²) in [6.07, 6.45) is -4.35. The summed E-state index contributed by atoms with van der Waals surface area (Å²) in [6, 6.07) is 4.92. The van der Waals surface area contributed by atoms with E-state index in [0.29, 0.717) is 0 Å². The highest BCUT2D eigenvalue weighted by Gasteiger charge is 2.29. The third-order valence-corrected chi connectivity index (χ3v) is 1.93. The highest BCUT2D eigenvalue weighted by Crippen LogP contribution is 2.22. The van der Waals surface area contributed by atoms with Crippen LogP contribution in [-0.2, 0) is 0 Å². The van der Waals surface area contributed by atoms with Gasteiger partial charge in [0.1, 0.15) is 18.4 Å². The summed E-state index contributed by atoms with van der Waals surface area (Å²) in [5.41, 5.74) is -0.113. The predicted octanol–water partition coefficient (Wildman–Crippen LogP) is 2.70. The van der Waals surface area contributed by atoms with Gasteiger partial charge in [-0.1, -0.05) is 0 Å². The minimum absolute atomic E-state index is 0.0776. The summed E-state index contributed by atoms with van der Waals surface area (Å²) in [5.74, 6) is -0.825. The summed E-state index contributed by atoms with van der Waals surface area (Å²) >= 11 is 0. The Kier molecular flexibility index (Phi) is 3.38. The zero-order valence-electron chi connectivity index (χ0n) is 8.35. The standard InChI is InChI=1S/C10H8F4N2/c1-16(6-10(12,13)14)8-3-2-7(5-15)9(11)4-8/h2-4H,6H2,1H3. The van der Waals surface area contributed by atoms with Crippen LogP contribution in [0.4, 0.5) is 23.2 Å². The number of alkyl halides is 3. The van der Waals surface area contributed by atoms with Crippen LogP contribution in [0.5, 0.6) is 0 Å². The minimum Gasteiger partial charge on any atom is -0.366 e. The van der Waals surface area contributed by atoms with E-state index in [-0.39, 0.29) is 11.3 Å². The van der Waals surface area contributed by atoms with E-state index in [4.69, 9.17) is 5.26 Å². The maximum Gasteiger partial charge on any atom is 0.405 e. The molecule has 0 heterocycles. The van der Waals surface area contributed by atoms with Gasteiger partial charge in [-0.25, -0.2) is 4.39 Å². The molecule has 6 heteroatoms. The zero-order valence-corrected chi connectivity index (χ0v) is 8.35. The third-order valence-electron chi connectivity index (χ3n) is 1.93. The summed E-state index contributed by atoms with van der Waals surface area (Å²) in [7, 11) is 1.20. The number of anilines is 1. The smallest absolute Gasteiger partial charge is 0.366 e. The maximum atomic E-state index is 13.1. The van der Waals surface area contributed by atoms with Gasteiger partial charge in [-0.2, -0.15) is 18.4 Å². The van der Waals surface area contributed by atoms with Crippen molar-refractivity contribution in [2.75, 3.05) is 18.5 Å². The van der Waals surface area contributed by atoms with Crippen LogP contribution in [0.3, 0.4) is 0 Å². The molecule has 0 unspecified atom stereocenters. The van der Waals surface area contributed by atoms with E-state index in [1.54, 1.807) is 6.07 Å². The highest BCUT2D eigenvalue weighted by molar-refractivity contribution is 5.50. The second kappa shape index (κ2) is 4.39. The van der Waals surface area contributed by atoms with Gasteiger partial charge in [0.2, 0.25) is 0 Å². The van der Waals surface area contributed by atoms with Gasteiger partial charge in [-0.15, -0.1) is 0 Å². The second-order valence-corrected chi connectivity index (χ2v) is 3.25. The number of nitriles is 1. The van der Waals surface area contributed by atoms with Gasteiger partial charge in [0.05, 0.1) is 5.56 Å². The number of hydrogen-bond acceptors (Lipinski definition) is 2. The van der Waals surface area contributed by atoms with Crippen LogP contribution < -0.4 is 4.90 Å². The van der Waals surface area contributed by atoms with Crippen LogP contribution in [0.25, 0.3) is 0 Å². The minimum atomic E-state index is -4.35. The molecule has 0 saturated heterocycles. The Morgan fingerprint density at radius 1 is 1.38 bits per heavy atom. The molecule has 1 aromatic rings. The molecule has 0 N–H and O–H groups in total. The van der Waals surface area contributed by atoms with Gasteiger partial charge >= 0.3 is 6.18 Å². The molecular weight excluding hydrogens is 224 g/mol. The van der Waals surface area contributed by atoms with Crippen molar-refractivity contribution in [1.82, 2.24) is 0 Å². The van der Waals surface area contributed by atoms with Crippen LogP contribution >= 0.6 is 0 Å². The van der Waals surface area contributed by atoms with Gasteiger partial charge in [0.15, 0.2) is 0 Å². The first kappa shape index (κ1) is 12.3. The summed E-state index contributed by atoms with van der Waals surface area (Å²) in [4.78, 5) is 0.865. The molecule has 1 aromatic carbocycles. The molecule has 0 aliphatic rings. The number of hydrogen-bond donors (Lipinski definition) is 0. The summed E-state index contributed by atoms with van der Waals surface area (Å²) < 4.78 is 49.3. The Hall–Kier alpha value is -1.77. The van der Waals surface area contributed by atoms with E-state index in [1.165, 1.54) is 13.1 Å². The average Bonchev–Trinajstić information content (AvgIpc) is 2.15. The van der Waals surface area contributed by atoms with Gasteiger partial charge in [0, 0.05) is 12.7 Å². The Morgan fingerprint density at radius 2 is 2.00 bits per heavy atom. The first-order valence-corrected chi connectivity index (χ1v) is 4.31. The lowest BCUT2D eigenvalue weighted by Gasteiger charge is -2.20. The van der Waals surface area contributed by atoms with Gasteiger partial charge in [0.25, 0.3) is 0 Å². The Balaban J connectivity index is 2.90.